The molecule has 1 aromatic carbocycles. The maximum Gasteiger partial charge on any atom is 0.151 e. The first-order valence-corrected chi connectivity index (χ1v) is 5.02. The smallest absolute Gasteiger partial charge is 0.151 e. The second kappa shape index (κ2) is 5.49. The Labute approximate surface area is 86.0 Å². The summed E-state index contributed by atoms with van der Waals surface area (Å²) in [5.41, 5.74) is 5.13. The van der Waals surface area contributed by atoms with Crippen molar-refractivity contribution in [3.63, 3.8) is 0 Å². The normalized spacial score (nSPS) is 9.79. The van der Waals surface area contributed by atoms with Crippen molar-refractivity contribution in [3.8, 4) is 5.75 Å². The molecule has 0 spiro atoms. The molecule has 0 heterocycles. The van der Waals surface area contributed by atoms with Crippen LogP contribution in [0, 0.1) is 11.2 Å². The predicted molar refractivity (Wildman–Crippen MR) is 56.3 cm³/mol. The average molecular weight is 214 g/mol. The lowest BCUT2D eigenvalue weighted by atomic mass is 10.3. The molecule has 0 aliphatic heterocycles. The zero-order chi connectivity index (χ0) is 10.4. The number of hydrogen-bond acceptors (Lipinski definition) is 3. The first-order valence-electron chi connectivity index (χ1n) is 4.03. The van der Waals surface area contributed by atoms with Crippen molar-refractivity contribution in [1.82, 2.24) is 0 Å². The van der Waals surface area contributed by atoms with E-state index in [1.807, 2.05) is 0 Å². The van der Waals surface area contributed by atoms with E-state index in [0.29, 0.717) is 18.1 Å². The topological polar surface area (TPSA) is 59.1 Å². The number of ether oxygens (including phenoxy) is 1. The molecule has 0 atom stereocenters. The Hall–Kier alpha value is -1.23. The van der Waals surface area contributed by atoms with Gasteiger partial charge in [0.05, 0.1) is 6.61 Å². The summed E-state index contributed by atoms with van der Waals surface area (Å²) in [6, 6.07) is 5.81. The number of halogens is 1. The minimum absolute atomic E-state index is 0.0766. The third-order valence-corrected chi connectivity index (χ3v) is 2.11. The molecule has 76 valence electrons. The molecule has 14 heavy (non-hydrogen) atoms. The fourth-order valence-corrected chi connectivity index (χ4v) is 1.23. The van der Waals surface area contributed by atoms with Gasteiger partial charge in [-0.1, -0.05) is 11.8 Å². The van der Waals surface area contributed by atoms with Gasteiger partial charge in [0.2, 0.25) is 0 Å². The summed E-state index contributed by atoms with van der Waals surface area (Å²) in [5, 5.41) is 7.02. The van der Waals surface area contributed by atoms with E-state index < -0.39 is 0 Å². The molecule has 0 aliphatic carbocycles. The van der Waals surface area contributed by atoms with E-state index in [4.69, 9.17) is 15.9 Å². The van der Waals surface area contributed by atoms with Crippen molar-refractivity contribution in [2.24, 2.45) is 5.73 Å². The summed E-state index contributed by atoms with van der Waals surface area (Å²) < 4.78 is 17.7. The molecule has 0 saturated carbocycles. The molecule has 0 bridgehead atoms. The van der Waals surface area contributed by atoms with E-state index in [-0.39, 0.29) is 11.0 Å². The molecular formula is C9H11FN2OS. The van der Waals surface area contributed by atoms with Gasteiger partial charge in [-0.2, -0.15) is 0 Å². The molecule has 0 saturated heterocycles. The van der Waals surface area contributed by atoms with Crippen molar-refractivity contribution >= 4 is 16.9 Å². The zero-order valence-corrected chi connectivity index (χ0v) is 8.31. The lowest BCUT2D eigenvalue weighted by molar-refractivity contribution is 0.343. The lowest BCUT2D eigenvalue weighted by Gasteiger charge is -2.04. The Morgan fingerprint density at radius 3 is 2.64 bits per heavy atom. The molecule has 0 aromatic heterocycles. The van der Waals surface area contributed by atoms with Gasteiger partial charge < -0.3 is 10.5 Å². The van der Waals surface area contributed by atoms with Crippen LogP contribution in [0.2, 0.25) is 0 Å². The van der Waals surface area contributed by atoms with Crippen molar-refractivity contribution < 1.29 is 9.13 Å². The number of nitrogens with one attached hydrogen (secondary N) is 1. The van der Waals surface area contributed by atoms with Crippen molar-refractivity contribution in [1.29, 1.82) is 5.41 Å². The van der Waals surface area contributed by atoms with Crippen LogP contribution < -0.4 is 10.5 Å². The summed E-state index contributed by atoms with van der Waals surface area (Å²) in [7, 11) is 0. The van der Waals surface area contributed by atoms with Crippen LogP contribution in [-0.2, 0) is 0 Å². The Kier molecular flexibility index (Phi) is 4.25. The van der Waals surface area contributed by atoms with Gasteiger partial charge in [0.25, 0.3) is 0 Å². The van der Waals surface area contributed by atoms with E-state index in [1.165, 1.54) is 23.9 Å². The van der Waals surface area contributed by atoms with Crippen LogP contribution in [0.25, 0.3) is 0 Å². The van der Waals surface area contributed by atoms with Crippen LogP contribution in [0.3, 0.4) is 0 Å². The van der Waals surface area contributed by atoms with E-state index in [0.717, 1.165) is 0 Å². The number of benzene rings is 1. The molecule has 0 fully saturated rings. The van der Waals surface area contributed by atoms with Crippen LogP contribution in [-0.4, -0.2) is 17.5 Å². The number of rotatable bonds is 4. The first-order chi connectivity index (χ1) is 6.68. The standard InChI is InChI=1S/C9H11FN2OS/c10-7-1-3-8(4-2-7)13-5-6-14-9(11)12/h1-4H,5-6H2,(H3,11,12). The molecule has 3 N–H and O–H groups in total. The Morgan fingerprint density at radius 2 is 2.07 bits per heavy atom. The van der Waals surface area contributed by atoms with Gasteiger partial charge in [0.15, 0.2) is 5.17 Å². The highest BCUT2D eigenvalue weighted by Crippen LogP contribution is 2.11. The zero-order valence-electron chi connectivity index (χ0n) is 7.50. The van der Waals surface area contributed by atoms with Crippen LogP contribution in [0.1, 0.15) is 0 Å². The van der Waals surface area contributed by atoms with Gasteiger partial charge in [-0.05, 0) is 24.3 Å². The maximum atomic E-state index is 12.5. The fraction of sp³-hybridized carbons (Fsp3) is 0.222. The van der Waals surface area contributed by atoms with Crippen LogP contribution in [0.5, 0.6) is 5.75 Å². The van der Waals surface area contributed by atoms with Gasteiger partial charge in [-0.15, -0.1) is 0 Å². The summed E-state index contributed by atoms with van der Waals surface area (Å²) in [6.07, 6.45) is 0. The van der Waals surface area contributed by atoms with Crippen LogP contribution in [0.4, 0.5) is 4.39 Å². The number of amidine groups is 1. The molecular weight excluding hydrogens is 203 g/mol. The summed E-state index contributed by atoms with van der Waals surface area (Å²) in [5.74, 6) is 0.957. The highest BCUT2D eigenvalue weighted by atomic mass is 32.2. The van der Waals surface area contributed by atoms with Crippen LogP contribution >= 0.6 is 11.8 Å². The third-order valence-electron chi connectivity index (χ3n) is 1.42. The number of nitrogens with two attached hydrogens (primary N) is 1. The fourth-order valence-electron chi connectivity index (χ4n) is 0.842. The van der Waals surface area contributed by atoms with E-state index in [2.05, 4.69) is 0 Å². The number of thioether (sulfide) groups is 1. The Balaban J connectivity index is 2.25. The second-order valence-electron chi connectivity index (χ2n) is 2.52. The molecule has 5 heteroatoms. The minimum atomic E-state index is -0.282. The van der Waals surface area contributed by atoms with Gasteiger partial charge in [0.1, 0.15) is 11.6 Å². The minimum Gasteiger partial charge on any atom is -0.493 e. The van der Waals surface area contributed by atoms with Crippen molar-refractivity contribution in [2.75, 3.05) is 12.4 Å². The lowest BCUT2D eigenvalue weighted by Crippen LogP contribution is -2.08. The molecule has 0 aliphatic rings. The van der Waals surface area contributed by atoms with Gasteiger partial charge >= 0.3 is 0 Å². The SMILES string of the molecule is N=C(N)SCCOc1ccc(F)cc1. The largest absolute Gasteiger partial charge is 0.493 e. The Bertz CT molecular complexity index is 302. The quantitative estimate of drug-likeness (QED) is 0.456. The maximum absolute atomic E-state index is 12.5. The molecule has 3 nitrogen and oxygen atoms in total. The molecule has 0 radical (unpaired) electrons. The summed E-state index contributed by atoms with van der Waals surface area (Å²) in [4.78, 5) is 0. The van der Waals surface area contributed by atoms with E-state index in [1.54, 1.807) is 12.1 Å². The number of hydrogen-bond donors (Lipinski definition) is 2. The molecule has 0 unspecified atom stereocenters. The summed E-state index contributed by atoms with van der Waals surface area (Å²) in [6.45, 7) is 0.454. The van der Waals surface area contributed by atoms with Crippen molar-refractivity contribution in [3.05, 3.63) is 30.1 Å². The predicted octanol–water partition coefficient (Wildman–Crippen LogP) is 1.83. The van der Waals surface area contributed by atoms with Crippen molar-refractivity contribution in [2.45, 2.75) is 0 Å². The summed E-state index contributed by atoms with van der Waals surface area (Å²) >= 11 is 1.22. The van der Waals surface area contributed by atoms with E-state index >= 15 is 0 Å². The molecule has 0 amide bonds. The highest BCUT2D eigenvalue weighted by molar-refractivity contribution is 8.13. The van der Waals surface area contributed by atoms with E-state index in [9.17, 15) is 4.39 Å². The Morgan fingerprint density at radius 1 is 1.43 bits per heavy atom. The third kappa shape index (κ3) is 4.13. The first kappa shape index (κ1) is 10.8. The van der Waals surface area contributed by atoms with Gasteiger partial charge in [0, 0.05) is 5.75 Å². The van der Waals surface area contributed by atoms with Gasteiger partial charge in [-0.25, -0.2) is 4.39 Å². The monoisotopic (exact) mass is 214 g/mol. The average Bonchev–Trinajstić information content (AvgIpc) is 2.15. The second-order valence-corrected chi connectivity index (χ2v) is 3.65. The molecule has 1 rings (SSSR count). The van der Waals surface area contributed by atoms with Gasteiger partial charge in [-0.3, -0.25) is 5.41 Å². The van der Waals surface area contributed by atoms with Crippen LogP contribution in [0.15, 0.2) is 24.3 Å². The highest BCUT2D eigenvalue weighted by Gasteiger charge is 1.95. The molecule has 1 aromatic rings.